The molecule has 2 aromatic heterocycles. The maximum absolute atomic E-state index is 12.3. The van der Waals surface area contributed by atoms with Crippen molar-refractivity contribution in [3.8, 4) is 17.0 Å². The molecule has 8 nitrogen and oxygen atoms in total. The number of rotatable bonds is 7. The zero-order valence-corrected chi connectivity index (χ0v) is 17.7. The standard InChI is InChI=1S/C22H29N5O3/c1-26(2)10-4-5-21(28)27-11-7-18(8-12-27)25-19-13-17(15-24-22(19)29)16-6-9-23-20(14-16)30-3/h4-6,9,13-15,18,25H,7-8,10-12H2,1-3H3,(H,24,29). The molecule has 1 saturated heterocycles. The van der Waals surface area contributed by atoms with Crippen LogP contribution in [0.1, 0.15) is 12.8 Å². The summed E-state index contributed by atoms with van der Waals surface area (Å²) in [6.45, 7) is 2.08. The van der Waals surface area contributed by atoms with Crippen LogP contribution in [0.2, 0.25) is 0 Å². The van der Waals surface area contributed by atoms with Crippen LogP contribution in [-0.2, 0) is 4.79 Å². The Labute approximate surface area is 176 Å². The van der Waals surface area contributed by atoms with Gasteiger partial charge in [-0.05, 0) is 44.6 Å². The number of likely N-dealkylation sites (N-methyl/N-ethyl adjacent to an activating group) is 1. The molecular formula is C22H29N5O3. The second-order valence-electron chi connectivity index (χ2n) is 7.63. The molecule has 1 fully saturated rings. The van der Waals surface area contributed by atoms with Crippen LogP contribution in [0.25, 0.3) is 11.1 Å². The highest BCUT2D eigenvalue weighted by atomic mass is 16.5. The molecule has 3 heterocycles. The van der Waals surface area contributed by atoms with Gasteiger partial charge in [-0.2, -0.15) is 0 Å². The smallest absolute Gasteiger partial charge is 0.271 e. The third-order valence-corrected chi connectivity index (χ3v) is 5.08. The number of pyridine rings is 2. The number of likely N-dealkylation sites (tertiary alicyclic amines) is 1. The third-order valence-electron chi connectivity index (χ3n) is 5.08. The molecule has 8 heteroatoms. The lowest BCUT2D eigenvalue weighted by Crippen LogP contribution is -2.42. The summed E-state index contributed by atoms with van der Waals surface area (Å²) < 4.78 is 5.18. The molecule has 0 aliphatic carbocycles. The van der Waals surface area contributed by atoms with E-state index in [1.165, 1.54) is 0 Å². The average Bonchev–Trinajstić information content (AvgIpc) is 2.75. The fourth-order valence-corrected chi connectivity index (χ4v) is 3.39. The summed E-state index contributed by atoms with van der Waals surface area (Å²) in [4.78, 5) is 35.4. The molecule has 0 aromatic carbocycles. The number of hydrogen-bond donors (Lipinski definition) is 2. The maximum Gasteiger partial charge on any atom is 0.271 e. The van der Waals surface area contributed by atoms with E-state index in [-0.39, 0.29) is 17.5 Å². The van der Waals surface area contributed by atoms with Gasteiger partial charge < -0.3 is 24.8 Å². The SMILES string of the molecule is COc1cc(-c2c[nH]c(=O)c(NC3CCN(C(=O)C=CCN(C)C)CC3)c2)ccn1. The maximum atomic E-state index is 12.3. The fourth-order valence-electron chi connectivity index (χ4n) is 3.39. The van der Waals surface area contributed by atoms with E-state index in [4.69, 9.17) is 4.74 Å². The normalized spacial score (nSPS) is 15.0. The van der Waals surface area contributed by atoms with E-state index in [0.717, 1.165) is 30.5 Å². The van der Waals surface area contributed by atoms with Crippen LogP contribution in [0.4, 0.5) is 5.69 Å². The second-order valence-corrected chi connectivity index (χ2v) is 7.63. The first-order valence-electron chi connectivity index (χ1n) is 10.1. The molecule has 0 spiro atoms. The Morgan fingerprint density at radius 3 is 2.80 bits per heavy atom. The number of carbonyl (C=O) groups excluding carboxylic acids is 1. The van der Waals surface area contributed by atoms with Crippen molar-refractivity contribution < 1.29 is 9.53 Å². The van der Waals surface area contributed by atoms with E-state index in [9.17, 15) is 9.59 Å². The number of aromatic nitrogens is 2. The third kappa shape index (κ3) is 5.70. The lowest BCUT2D eigenvalue weighted by molar-refractivity contribution is -0.126. The minimum Gasteiger partial charge on any atom is -0.481 e. The van der Waals surface area contributed by atoms with Gasteiger partial charge in [-0.15, -0.1) is 0 Å². The van der Waals surface area contributed by atoms with Crippen molar-refractivity contribution >= 4 is 11.6 Å². The van der Waals surface area contributed by atoms with Gasteiger partial charge in [-0.1, -0.05) is 6.08 Å². The number of ether oxygens (including phenoxy) is 1. The van der Waals surface area contributed by atoms with Crippen molar-refractivity contribution in [3.05, 3.63) is 53.1 Å². The van der Waals surface area contributed by atoms with Gasteiger partial charge in [0.2, 0.25) is 11.8 Å². The van der Waals surface area contributed by atoms with Gasteiger partial charge in [0, 0.05) is 55.8 Å². The second kappa shape index (κ2) is 10.1. The van der Waals surface area contributed by atoms with Crippen LogP contribution in [0.3, 0.4) is 0 Å². The molecule has 3 rings (SSSR count). The molecule has 30 heavy (non-hydrogen) atoms. The molecule has 1 amide bonds. The van der Waals surface area contributed by atoms with Gasteiger partial charge in [0.15, 0.2) is 0 Å². The van der Waals surface area contributed by atoms with Crippen LogP contribution in [0.15, 0.2) is 47.5 Å². The first-order chi connectivity index (χ1) is 14.5. The van der Waals surface area contributed by atoms with E-state index >= 15 is 0 Å². The van der Waals surface area contributed by atoms with E-state index in [0.29, 0.717) is 24.7 Å². The highest BCUT2D eigenvalue weighted by molar-refractivity contribution is 5.87. The van der Waals surface area contributed by atoms with E-state index in [1.54, 1.807) is 25.6 Å². The van der Waals surface area contributed by atoms with Crippen molar-refractivity contribution in [1.29, 1.82) is 0 Å². The van der Waals surface area contributed by atoms with Crippen molar-refractivity contribution in [3.63, 3.8) is 0 Å². The van der Waals surface area contributed by atoms with Crippen LogP contribution in [-0.4, -0.2) is 72.6 Å². The average molecular weight is 412 g/mol. The summed E-state index contributed by atoms with van der Waals surface area (Å²) in [6.07, 6.45) is 8.46. The Hall–Kier alpha value is -3.13. The summed E-state index contributed by atoms with van der Waals surface area (Å²) in [5.74, 6) is 0.562. The van der Waals surface area contributed by atoms with Gasteiger partial charge in [-0.3, -0.25) is 9.59 Å². The Bertz CT molecular complexity index is 946. The fraction of sp³-hybridized carbons (Fsp3) is 0.409. The molecule has 0 atom stereocenters. The highest BCUT2D eigenvalue weighted by Crippen LogP contribution is 2.23. The Morgan fingerprint density at radius 1 is 1.33 bits per heavy atom. The van der Waals surface area contributed by atoms with Gasteiger partial charge in [0.05, 0.1) is 7.11 Å². The van der Waals surface area contributed by atoms with E-state index < -0.39 is 0 Å². The Morgan fingerprint density at radius 2 is 2.10 bits per heavy atom. The first-order valence-corrected chi connectivity index (χ1v) is 10.1. The van der Waals surface area contributed by atoms with Crippen molar-refractivity contribution in [1.82, 2.24) is 19.8 Å². The Balaban J connectivity index is 1.61. The molecule has 2 N–H and O–H groups in total. The Kier molecular flexibility index (Phi) is 7.24. The number of piperidine rings is 1. The summed E-state index contributed by atoms with van der Waals surface area (Å²) in [5, 5.41) is 3.35. The predicted molar refractivity (Wildman–Crippen MR) is 118 cm³/mol. The zero-order chi connectivity index (χ0) is 21.5. The molecule has 0 unspecified atom stereocenters. The van der Waals surface area contributed by atoms with E-state index in [2.05, 4.69) is 15.3 Å². The quantitative estimate of drug-likeness (QED) is 0.677. The lowest BCUT2D eigenvalue weighted by Gasteiger charge is -2.32. The molecule has 160 valence electrons. The topological polar surface area (TPSA) is 90.6 Å². The number of hydrogen-bond acceptors (Lipinski definition) is 6. The molecule has 2 aromatic rings. The summed E-state index contributed by atoms with van der Waals surface area (Å²) in [7, 11) is 5.50. The zero-order valence-electron chi connectivity index (χ0n) is 17.7. The van der Waals surface area contributed by atoms with Gasteiger partial charge >= 0.3 is 0 Å². The molecule has 0 saturated carbocycles. The first kappa shape index (κ1) is 21.6. The molecule has 1 aliphatic rings. The predicted octanol–water partition coefficient (Wildman–Crippen LogP) is 1.97. The number of carbonyl (C=O) groups is 1. The van der Waals surface area contributed by atoms with Crippen molar-refractivity contribution in [2.75, 3.05) is 46.2 Å². The minimum atomic E-state index is -0.162. The molecule has 0 bridgehead atoms. The summed E-state index contributed by atoms with van der Waals surface area (Å²) >= 11 is 0. The van der Waals surface area contributed by atoms with Gasteiger partial charge in [-0.25, -0.2) is 4.98 Å². The number of nitrogens with zero attached hydrogens (tertiary/aromatic N) is 3. The summed E-state index contributed by atoms with van der Waals surface area (Å²) in [5.41, 5.74) is 2.14. The van der Waals surface area contributed by atoms with Crippen LogP contribution in [0, 0.1) is 0 Å². The van der Waals surface area contributed by atoms with E-state index in [1.807, 2.05) is 48.2 Å². The monoisotopic (exact) mass is 411 g/mol. The minimum absolute atomic E-state index is 0.0433. The number of amides is 1. The highest BCUT2D eigenvalue weighted by Gasteiger charge is 2.22. The van der Waals surface area contributed by atoms with Crippen LogP contribution < -0.4 is 15.6 Å². The van der Waals surface area contributed by atoms with Gasteiger partial charge in [0.25, 0.3) is 5.56 Å². The van der Waals surface area contributed by atoms with Crippen molar-refractivity contribution in [2.24, 2.45) is 0 Å². The van der Waals surface area contributed by atoms with Crippen LogP contribution >= 0.6 is 0 Å². The summed E-state index contributed by atoms with van der Waals surface area (Å²) in [6, 6.07) is 5.68. The number of methoxy groups -OCH3 is 1. The number of nitrogens with one attached hydrogen (secondary N) is 2. The number of aromatic amines is 1. The molecule has 1 aliphatic heterocycles. The van der Waals surface area contributed by atoms with Crippen molar-refractivity contribution in [2.45, 2.75) is 18.9 Å². The van der Waals surface area contributed by atoms with Crippen LogP contribution in [0.5, 0.6) is 5.88 Å². The largest absolute Gasteiger partial charge is 0.481 e. The number of anilines is 1. The molecule has 0 radical (unpaired) electrons. The molecular weight excluding hydrogens is 382 g/mol. The van der Waals surface area contributed by atoms with Gasteiger partial charge in [0.1, 0.15) is 5.69 Å². The number of H-pyrrole nitrogens is 1. The lowest BCUT2D eigenvalue weighted by atomic mass is 10.0.